The molecule has 134 valence electrons. The van der Waals surface area contributed by atoms with Gasteiger partial charge in [0.25, 0.3) is 0 Å². The molecule has 0 heterocycles. The molecule has 0 aliphatic carbocycles. The molecule has 25 heavy (non-hydrogen) atoms. The standard InChI is InChI=1S/C18H21FN2O3S/c1-13-8-10-15(11-9-13)14(2)20-18(22)12-21(25(3,23)24)17-7-5-4-6-16(17)19/h4-11,14H,12H2,1-3H3,(H,20,22). The summed E-state index contributed by atoms with van der Waals surface area (Å²) in [7, 11) is -3.81. The number of carbonyl (C=O) groups is 1. The van der Waals surface area contributed by atoms with E-state index in [2.05, 4.69) is 5.32 Å². The molecule has 0 fully saturated rings. The molecular weight excluding hydrogens is 343 g/mol. The van der Waals surface area contributed by atoms with E-state index < -0.39 is 28.3 Å². The summed E-state index contributed by atoms with van der Waals surface area (Å²) in [5, 5.41) is 2.74. The summed E-state index contributed by atoms with van der Waals surface area (Å²) in [6.07, 6.45) is 0.941. The van der Waals surface area contributed by atoms with Crippen molar-refractivity contribution < 1.29 is 17.6 Å². The lowest BCUT2D eigenvalue weighted by molar-refractivity contribution is -0.120. The van der Waals surface area contributed by atoms with Crippen molar-refractivity contribution in [3.05, 3.63) is 65.5 Å². The van der Waals surface area contributed by atoms with Crippen molar-refractivity contribution in [2.24, 2.45) is 0 Å². The predicted molar refractivity (Wildman–Crippen MR) is 96.3 cm³/mol. The van der Waals surface area contributed by atoms with Gasteiger partial charge >= 0.3 is 0 Å². The van der Waals surface area contributed by atoms with Gasteiger partial charge in [-0.05, 0) is 31.5 Å². The van der Waals surface area contributed by atoms with E-state index in [9.17, 15) is 17.6 Å². The topological polar surface area (TPSA) is 66.5 Å². The Labute approximate surface area is 147 Å². The van der Waals surface area contributed by atoms with E-state index in [0.717, 1.165) is 27.8 Å². The van der Waals surface area contributed by atoms with E-state index in [-0.39, 0.29) is 11.7 Å². The van der Waals surface area contributed by atoms with Crippen LogP contribution >= 0.6 is 0 Å². The number of hydrogen-bond acceptors (Lipinski definition) is 3. The zero-order chi connectivity index (χ0) is 18.6. The molecule has 0 spiro atoms. The maximum atomic E-state index is 13.9. The summed E-state index contributed by atoms with van der Waals surface area (Å²) in [5.41, 5.74) is 1.85. The minimum Gasteiger partial charge on any atom is -0.348 e. The molecule has 0 saturated heterocycles. The highest BCUT2D eigenvalue weighted by atomic mass is 32.2. The Bertz CT molecular complexity index is 851. The highest BCUT2D eigenvalue weighted by molar-refractivity contribution is 7.92. The largest absolute Gasteiger partial charge is 0.348 e. The lowest BCUT2D eigenvalue weighted by Gasteiger charge is -2.23. The van der Waals surface area contributed by atoms with Crippen LogP contribution in [-0.4, -0.2) is 27.1 Å². The smallest absolute Gasteiger partial charge is 0.241 e. The number of rotatable bonds is 6. The number of hydrogen-bond donors (Lipinski definition) is 1. The first kappa shape index (κ1) is 18.9. The Hall–Kier alpha value is -2.41. The summed E-state index contributed by atoms with van der Waals surface area (Å²) in [6.45, 7) is 3.28. The van der Waals surface area contributed by atoms with Crippen LogP contribution in [0.25, 0.3) is 0 Å². The van der Waals surface area contributed by atoms with Crippen molar-refractivity contribution in [3.63, 3.8) is 0 Å². The average Bonchev–Trinajstić information content (AvgIpc) is 2.53. The molecule has 2 aromatic carbocycles. The maximum Gasteiger partial charge on any atom is 0.241 e. The van der Waals surface area contributed by atoms with Crippen molar-refractivity contribution in [2.45, 2.75) is 19.9 Å². The van der Waals surface area contributed by atoms with E-state index in [4.69, 9.17) is 0 Å². The quantitative estimate of drug-likeness (QED) is 0.857. The zero-order valence-electron chi connectivity index (χ0n) is 14.4. The van der Waals surface area contributed by atoms with Crippen LogP contribution in [0.15, 0.2) is 48.5 Å². The lowest BCUT2D eigenvalue weighted by atomic mass is 10.1. The Morgan fingerprint density at radius 1 is 1.16 bits per heavy atom. The molecule has 0 radical (unpaired) electrons. The molecule has 0 saturated carbocycles. The van der Waals surface area contributed by atoms with Crippen molar-refractivity contribution in [1.29, 1.82) is 0 Å². The summed E-state index contributed by atoms with van der Waals surface area (Å²) in [4.78, 5) is 12.3. The maximum absolute atomic E-state index is 13.9. The number of para-hydroxylation sites is 1. The summed E-state index contributed by atoms with van der Waals surface area (Å²) >= 11 is 0. The van der Waals surface area contributed by atoms with E-state index in [1.807, 2.05) is 31.2 Å². The number of aryl methyl sites for hydroxylation is 1. The predicted octanol–water partition coefficient (Wildman–Crippen LogP) is 2.78. The fraction of sp³-hybridized carbons (Fsp3) is 0.278. The minimum atomic E-state index is -3.81. The Balaban J connectivity index is 2.15. The highest BCUT2D eigenvalue weighted by Gasteiger charge is 2.24. The summed E-state index contributed by atoms with van der Waals surface area (Å²) < 4.78 is 38.7. The van der Waals surface area contributed by atoms with Gasteiger partial charge in [0.2, 0.25) is 15.9 Å². The summed E-state index contributed by atoms with van der Waals surface area (Å²) in [5.74, 6) is -1.21. The van der Waals surface area contributed by atoms with Gasteiger partial charge in [0.05, 0.1) is 18.0 Å². The second kappa shape index (κ2) is 7.65. The van der Waals surface area contributed by atoms with Crippen molar-refractivity contribution in [2.75, 3.05) is 17.1 Å². The second-order valence-corrected chi connectivity index (χ2v) is 7.83. The number of sulfonamides is 1. The fourth-order valence-electron chi connectivity index (χ4n) is 2.39. The molecule has 0 aliphatic heterocycles. The van der Waals surface area contributed by atoms with E-state index >= 15 is 0 Å². The van der Waals surface area contributed by atoms with Crippen LogP contribution in [0, 0.1) is 12.7 Å². The normalized spacial score (nSPS) is 12.5. The van der Waals surface area contributed by atoms with E-state index in [0.29, 0.717) is 0 Å². The van der Waals surface area contributed by atoms with Crippen LogP contribution in [0.4, 0.5) is 10.1 Å². The highest BCUT2D eigenvalue weighted by Crippen LogP contribution is 2.21. The van der Waals surface area contributed by atoms with Crippen LogP contribution < -0.4 is 9.62 Å². The van der Waals surface area contributed by atoms with Gasteiger partial charge in [-0.2, -0.15) is 0 Å². The van der Waals surface area contributed by atoms with Crippen LogP contribution in [0.5, 0.6) is 0 Å². The third-order valence-corrected chi connectivity index (χ3v) is 4.89. The number of amides is 1. The van der Waals surface area contributed by atoms with E-state index in [1.165, 1.54) is 18.2 Å². The first-order valence-corrected chi connectivity index (χ1v) is 9.61. The molecule has 0 aromatic heterocycles. The molecule has 1 amide bonds. The number of benzene rings is 2. The molecule has 1 atom stereocenters. The molecule has 5 nitrogen and oxygen atoms in total. The van der Waals surface area contributed by atoms with Gasteiger partial charge in [0.15, 0.2) is 0 Å². The van der Waals surface area contributed by atoms with Crippen molar-refractivity contribution >= 4 is 21.6 Å². The number of nitrogens with zero attached hydrogens (tertiary/aromatic N) is 1. The molecule has 0 bridgehead atoms. The van der Waals surface area contributed by atoms with Gasteiger partial charge in [-0.1, -0.05) is 42.0 Å². The van der Waals surface area contributed by atoms with Gasteiger partial charge < -0.3 is 5.32 Å². The molecule has 1 unspecified atom stereocenters. The number of halogens is 1. The van der Waals surface area contributed by atoms with Crippen LogP contribution in [0.1, 0.15) is 24.1 Å². The van der Waals surface area contributed by atoms with Gasteiger partial charge in [-0.15, -0.1) is 0 Å². The van der Waals surface area contributed by atoms with Crippen molar-refractivity contribution in [1.82, 2.24) is 5.32 Å². The van der Waals surface area contributed by atoms with Gasteiger partial charge in [0.1, 0.15) is 12.4 Å². The monoisotopic (exact) mass is 364 g/mol. The zero-order valence-corrected chi connectivity index (χ0v) is 15.2. The lowest BCUT2D eigenvalue weighted by Crippen LogP contribution is -2.41. The van der Waals surface area contributed by atoms with Gasteiger partial charge in [0, 0.05) is 0 Å². The SMILES string of the molecule is Cc1ccc(C(C)NC(=O)CN(c2ccccc2F)S(C)(=O)=O)cc1. The molecule has 2 rings (SSSR count). The van der Waals surface area contributed by atoms with Crippen LogP contribution in [0.3, 0.4) is 0 Å². The number of nitrogens with one attached hydrogen (secondary N) is 1. The van der Waals surface area contributed by atoms with Crippen LogP contribution in [0.2, 0.25) is 0 Å². The molecule has 0 aliphatic rings. The van der Waals surface area contributed by atoms with Gasteiger partial charge in [-0.25, -0.2) is 12.8 Å². The Morgan fingerprint density at radius 3 is 2.32 bits per heavy atom. The average molecular weight is 364 g/mol. The molecular formula is C18H21FN2O3S. The number of carbonyl (C=O) groups excluding carboxylic acids is 1. The summed E-state index contributed by atoms with van der Waals surface area (Å²) in [6, 6.07) is 12.8. The van der Waals surface area contributed by atoms with E-state index in [1.54, 1.807) is 6.92 Å². The third kappa shape index (κ3) is 5.03. The van der Waals surface area contributed by atoms with Gasteiger partial charge in [-0.3, -0.25) is 9.10 Å². The first-order valence-electron chi connectivity index (χ1n) is 7.76. The Morgan fingerprint density at radius 2 is 1.76 bits per heavy atom. The fourth-order valence-corrected chi connectivity index (χ4v) is 3.25. The first-order chi connectivity index (χ1) is 11.7. The van der Waals surface area contributed by atoms with Crippen molar-refractivity contribution in [3.8, 4) is 0 Å². The third-order valence-electron chi connectivity index (χ3n) is 3.76. The molecule has 2 aromatic rings. The molecule has 7 heteroatoms. The number of anilines is 1. The minimum absolute atomic E-state index is 0.150. The molecule has 1 N–H and O–H groups in total. The second-order valence-electron chi connectivity index (χ2n) is 5.92. The van der Waals surface area contributed by atoms with Crippen LogP contribution in [-0.2, 0) is 14.8 Å². The Kier molecular flexibility index (Phi) is 5.79.